The fourth-order valence-corrected chi connectivity index (χ4v) is 2.92. The lowest BCUT2D eigenvalue weighted by molar-refractivity contribution is -0.123. The van der Waals surface area contributed by atoms with Crippen molar-refractivity contribution in [2.24, 2.45) is 0 Å². The molecule has 0 fully saturated rings. The highest BCUT2D eigenvalue weighted by Crippen LogP contribution is 2.20. The Labute approximate surface area is 167 Å². The van der Waals surface area contributed by atoms with Crippen LogP contribution < -0.4 is 10.1 Å². The van der Waals surface area contributed by atoms with E-state index in [1.807, 2.05) is 42.5 Å². The predicted molar refractivity (Wildman–Crippen MR) is 109 cm³/mol. The number of carbonyl (C=O) groups is 1. The topological polar surface area (TPSA) is 64.1 Å². The molecule has 0 aliphatic rings. The van der Waals surface area contributed by atoms with Crippen LogP contribution in [0.1, 0.15) is 5.69 Å². The van der Waals surface area contributed by atoms with Crippen molar-refractivity contribution in [1.29, 1.82) is 0 Å². The lowest BCUT2D eigenvalue weighted by Gasteiger charge is -2.09. The van der Waals surface area contributed by atoms with E-state index in [-0.39, 0.29) is 24.9 Å². The molecule has 0 saturated heterocycles. The SMILES string of the molecule is O=C(COc1ccc2ccccc2c1)NCc1cc(-c2ccc(F)cc2)ncn1. The Morgan fingerprint density at radius 2 is 1.72 bits per heavy atom. The third-order valence-electron chi connectivity index (χ3n) is 4.42. The summed E-state index contributed by atoms with van der Waals surface area (Å²) in [6.07, 6.45) is 1.42. The second kappa shape index (κ2) is 8.48. The summed E-state index contributed by atoms with van der Waals surface area (Å²) in [7, 11) is 0. The monoisotopic (exact) mass is 387 g/mol. The van der Waals surface area contributed by atoms with E-state index in [9.17, 15) is 9.18 Å². The first-order valence-electron chi connectivity index (χ1n) is 9.12. The lowest BCUT2D eigenvalue weighted by atomic mass is 10.1. The van der Waals surface area contributed by atoms with Crippen molar-refractivity contribution in [3.63, 3.8) is 0 Å². The highest BCUT2D eigenvalue weighted by molar-refractivity contribution is 5.84. The van der Waals surface area contributed by atoms with Gasteiger partial charge in [0, 0.05) is 5.56 Å². The van der Waals surface area contributed by atoms with Crippen molar-refractivity contribution in [3.05, 3.63) is 90.6 Å². The number of halogens is 1. The van der Waals surface area contributed by atoms with Crippen molar-refractivity contribution in [2.75, 3.05) is 6.61 Å². The number of nitrogens with one attached hydrogen (secondary N) is 1. The number of nitrogens with zero attached hydrogens (tertiary/aromatic N) is 2. The Morgan fingerprint density at radius 3 is 2.55 bits per heavy atom. The van der Waals surface area contributed by atoms with Gasteiger partial charge < -0.3 is 10.1 Å². The summed E-state index contributed by atoms with van der Waals surface area (Å²) in [6, 6.07) is 21.5. The number of amides is 1. The molecule has 0 radical (unpaired) electrons. The molecule has 29 heavy (non-hydrogen) atoms. The van der Waals surface area contributed by atoms with Gasteiger partial charge >= 0.3 is 0 Å². The van der Waals surface area contributed by atoms with Crippen LogP contribution in [0, 0.1) is 5.82 Å². The van der Waals surface area contributed by atoms with Gasteiger partial charge in [0.1, 0.15) is 17.9 Å². The highest BCUT2D eigenvalue weighted by atomic mass is 19.1. The van der Waals surface area contributed by atoms with E-state index in [0.717, 1.165) is 16.3 Å². The van der Waals surface area contributed by atoms with Gasteiger partial charge in [-0.25, -0.2) is 14.4 Å². The van der Waals surface area contributed by atoms with Crippen molar-refractivity contribution < 1.29 is 13.9 Å². The molecule has 0 bridgehead atoms. The van der Waals surface area contributed by atoms with Gasteiger partial charge in [-0.3, -0.25) is 4.79 Å². The molecule has 144 valence electrons. The molecule has 0 atom stereocenters. The molecule has 1 aromatic heterocycles. The minimum absolute atomic E-state index is 0.0890. The number of hydrogen-bond acceptors (Lipinski definition) is 4. The Morgan fingerprint density at radius 1 is 0.931 bits per heavy atom. The highest BCUT2D eigenvalue weighted by Gasteiger charge is 2.06. The van der Waals surface area contributed by atoms with E-state index in [1.54, 1.807) is 18.2 Å². The third kappa shape index (κ3) is 4.73. The molecular weight excluding hydrogens is 369 g/mol. The fourth-order valence-electron chi connectivity index (χ4n) is 2.92. The number of carbonyl (C=O) groups excluding carboxylic acids is 1. The number of fused-ring (bicyclic) bond motifs is 1. The van der Waals surface area contributed by atoms with Crippen molar-refractivity contribution in [3.8, 4) is 17.0 Å². The van der Waals surface area contributed by atoms with Crippen LogP contribution in [0.3, 0.4) is 0 Å². The van der Waals surface area contributed by atoms with Crippen LogP contribution in [-0.2, 0) is 11.3 Å². The zero-order valence-electron chi connectivity index (χ0n) is 15.5. The van der Waals surface area contributed by atoms with Crippen LogP contribution in [0.15, 0.2) is 79.1 Å². The van der Waals surface area contributed by atoms with Crippen molar-refractivity contribution in [2.45, 2.75) is 6.54 Å². The maximum Gasteiger partial charge on any atom is 0.258 e. The van der Waals surface area contributed by atoms with Gasteiger partial charge in [-0.2, -0.15) is 0 Å². The van der Waals surface area contributed by atoms with E-state index in [0.29, 0.717) is 17.1 Å². The van der Waals surface area contributed by atoms with Gasteiger partial charge in [0.05, 0.1) is 17.9 Å². The van der Waals surface area contributed by atoms with E-state index < -0.39 is 0 Å². The molecule has 4 rings (SSSR count). The third-order valence-corrected chi connectivity index (χ3v) is 4.42. The molecule has 6 heteroatoms. The largest absolute Gasteiger partial charge is 0.484 e. The van der Waals surface area contributed by atoms with Crippen LogP contribution in [0.5, 0.6) is 5.75 Å². The zero-order valence-corrected chi connectivity index (χ0v) is 15.5. The lowest BCUT2D eigenvalue weighted by Crippen LogP contribution is -2.28. The molecule has 0 aliphatic carbocycles. The average molecular weight is 387 g/mol. The van der Waals surface area contributed by atoms with Crippen LogP contribution in [-0.4, -0.2) is 22.5 Å². The molecule has 1 heterocycles. The molecule has 1 N–H and O–H groups in total. The molecule has 5 nitrogen and oxygen atoms in total. The normalized spacial score (nSPS) is 10.7. The smallest absolute Gasteiger partial charge is 0.258 e. The number of ether oxygens (including phenoxy) is 1. The average Bonchev–Trinajstić information content (AvgIpc) is 2.77. The minimum atomic E-state index is -0.304. The van der Waals surface area contributed by atoms with Crippen LogP contribution in [0.25, 0.3) is 22.0 Å². The summed E-state index contributed by atoms with van der Waals surface area (Å²) < 4.78 is 18.7. The van der Waals surface area contributed by atoms with Gasteiger partial charge in [-0.15, -0.1) is 0 Å². The van der Waals surface area contributed by atoms with E-state index in [4.69, 9.17) is 4.74 Å². The first-order valence-corrected chi connectivity index (χ1v) is 9.12. The molecule has 3 aromatic carbocycles. The van der Waals surface area contributed by atoms with Crippen LogP contribution >= 0.6 is 0 Å². The van der Waals surface area contributed by atoms with Crippen molar-refractivity contribution >= 4 is 16.7 Å². The second-order valence-corrected chi connectivity index (χ2v) is 6.48. The van der Waals surface area contributed by atoms with Gasteiger partial charge in [0.25, 0.3) is 5.91 Å². The summed E-state index contributed by atoms with van der Waals surface area (Å²) in [5.74, 6) is 0.0845. The summed E-state index contributed by atoms with van der Waals surface area (Å²) in [6.45, 7) is 0.158. The van der Waals surface area contributed by atoms with E-state index in [2.05, 4.69) is 15.3 Å². The zero-order chi connectivity index (χ0) is 20.1. The molecule has 0 saturated carbocycles. The standard InChI is InChI=1S/C23H18FN3O2/c24-19-8-5-17(6-9-19)22-12-20(26-15-27-22)13-25-23(28)14-29-21-10-7-16-3-1-2-4-18(16)11-21/h1-12,15H,13-14H2,(H,25,28). The predicted octanol–water partition coefficient (Wildman–Crippen LogP) is 4.13. The summed E-state index contributed by atoms with van der Waals surface area (Å²) in [4.78, 5) is 20.5. The molecule has 4 aromatic rings. The maximum atomic E-state index is 13.1. The Bertz CT molecular complexity index is 1150. The summed E-state index contributed by atoms with van der Waals surface area (Å²) in [5.41, 5.74) is 2.09. The van der Waals surface area contributed by atoms with Crippen LogP contribution in [0.4, 0.5) is 4.39 Å². The molecule has 1 amide bonds. The maximum absolute atomic E-state index is 13.1. The quantitative estimate of drug-likeness (QED) is 0.540. The number of benzene rings is 3. The van der Waals surface area contributed by atoms with E-state index >= 15 is 0 Å². The number of aromatic nitrogens is 2. The number of hydrogen-bond donors (Lipinski definition) is 1. The minimum Gasteiger partial charge on any atom is -0.484 e. The van der Waals surface area contributed by atoms with Gasteiger partial charge in [-0.1, -0.05) is 30.3 Å². The first kappa shape index (κ1) is 18.6. The molecular formula is C23H18FN3O2. The molecule has 0 unspecified atom stereocenters. The summed E-state index contributed by atoms with van der Waals surface area (Å²) >= 11 is 0. The first-order chi connectivity index (χ1) is 14.2. The Balaban J connectivity index is 1.33. The Hall–Kier alpha value is -3.80. The summed E-state index contributed by atoms with van der Waals surface area (Å²) in [5, 5.41) is 4.95. The van der Waals surface area contributed by atoms with Crippen LogP contribution in [0.2, 0.25) is 0 Å². The Kier molecular flexibility index (Phi) is 5.42. The molecule has 0 spiro atoms. The van der Waals surface area contributed by atoms with Crippen molar-refractivity contribution in [1.82, 2.24) is 15.3 Å². The fraction of sp³-hybridized carbons (Fsp3) is 0.0870. The van der Waals surface area contributed by atoms with Gasteiger partial charge in [0.2, 0.25) is 0 Å². The molecule has 0 aliphatic heterocycles. The van der Waals surface area contributed by atoms with Gasteiger partial charge in [-0.05, 0) is 53.2 Å². The second-order valence-electron chi connectivity index (χ2n) is 6.48. The number of rotatable bonds is 6. The van der Waals surface area contributed by atoms with E-state index in [1.165, 1.54) is 18.5 Å². The van der Waals surface area contributed by atoms with Gasteiger partial charge in [0.15, 0.2) is 6.61 Å².